The molecule has 0 aliphatic carbocycles. The second-order valence-electron chi connectivity index (χ2n) is 4.37. The first kappa shape index (κ1) is 10.9. The number of rotatable bonds is 4. The van der Waals surface area contributed by atoms with Crippen molar-refractivity contribution in [3.8, 4) is 0 Å². The van der Waals surface area contributed by atoms with Gasteiger partial charge in [-0.05, 0) is 30.5 Å². The molecule has 0 saturated heterocycles. The molecule has 0 spiro atoms. The highest BCUT2D eigenvalue weighted by Crippen LogP contribution is 2.15. The number of nitrogens with zero attached hydrogens (tertiary/aromatic N) is 2. The van der Waals surface area contributed by atoms with E-state index in [1.807, 2.05) is 12.1 Å². The third-order valence-corrected chi connectivity index (χ3v) is 2.52. The summed E-state index contributed by atoms with van der Waals surface area (Å²) in [6, 6.07) is 6.10. The number of hydrogen-bond acceptors (Lipinski definition) is 3. The number of nitrogens with one attached hydrogen (secondary N) is 1. The maximum absolute atomic E-state index is 4.28. The smallest absolute Gasteiger partial charge is 0.0907 e. The van der Waals surface area contributed by atoms with Crippen molar-refractivity contribution in [3.63, 3.8) is 0 Å². The molecule has 0 bridgehead atoms. The fourth-order valence-corrected chi connectivity index (χ4v) is 1.58. The molecule has 16 heavy (non-hydrogen) atoms. The van der Waals surface area contributed by atoms with E-state index in [0.29, 0.717) is 0 Å². The van der Waals surface area contributed by atoms with Crippen molar-refractivity contribution in [3.05, 3.63) is 30.6 Å². The Hall–Kier alpha value is -1.64. The standard InChI is InChI=1S/C13H17N3/c1-10(2)5-6-14-11-3-4-12-13(9-11)16-8-7-15-12/h3-4,7-10,14H,5-6H2,1-2H3. The van der Waals surface area contributed by atoms with Gasteiger partial charge in [-0.2, -0.15) is 0 Å². The van der Waals surface area contributed by atoms with Gasteiger partial charge in [0.05, 0.1) is 11.0 Å². The SMILES string of the molecule is CC(C)CCNc1ccc2nccnc2c1. The Bertz CT molecular complexity index is 465. The highest BCUT2D eigenvalue weighted by Gasteiger charge is 1.98. The van der Waals surface area contributed by atoms with Gasteiger partial charge in [-0.25, -0.2) is 0 Å². The van der Waals surface area contributed by atoms with Gasteiger partial charge in [0.1, 0.15) is 0 Å². The van der Waals surface area contributed by atoms with E-state index in [9.17, 15) is 0 Å². The van der Waals surface area contributed by atoms with E-state index in [1.54, 1.807) is 12.4 Å². The zero-order chi connectivity index (χ0) is 11.4. The molecule has 3 nitrogen and oxygen atoms in total. The summed E-state index contributed by atoms with van der Waals surface area (Å²) >= 11 is 0. The van der Waals surface area contributed by atoms with E-state index < -0.39 is 0 Å². The molecule has 0 amide bonds. The van der Waals surface area contributed by atoms with Crippen LogP contribution >= 0.6 is 0 Å². The van der Waals surface area contributed by atoms with Crippen molar-refractivity contribution in [2.75, 3.05) is 11.9 Å². The molecular weight excluding hydrogens is 198 g/mol. The van der Waals surface area contributed by atoms with Crippen molar-refractivity contribution in [2.45, 2.75) is 20.3 Å². The second-order valence-corrected chi connectivity index (χ2v) is 4.37. The molecule has 0 unspecified atom stereocenters. The number of anilines is 1. The summed E-state index contributed by atoms with van der Waals surface area (Å²) in [5, 5.41) is 3.40. The van der Waals surface area contributed by atoms with Crippen LogP contribution in [0.15, 0.2) is 30.6 Å². The highest BCUT2D eigenvalue weighted by molar-refractivity contribution is 5.78. The highest BCUT2D eigenvalue weighted by atomic mass is 14.9. The zero-order valence-electron chi connectivity index (χ0n) is 9.77. The summed E-state index contributed by atoms with van der Waals surface area (Å²) in [5.41, 5.74) is 3.00. The second kappa shape index (κ2) is 4.92. The number of fused-ring (bicyclic) bond motifs is 1. The zero-order valence-corrected chi connectivity index (χ0v) is 9.77. The minimum absolute atomic E-state index is 0.729. The van der Waals surface area contributed by atoms with Gasteiger partial charge in [0.2, 0.25) is 0 Å². The van der Waals surface area contributed by atoms with Crippen LogP contribution in [0.4, 0.5) is 5.69 Å². The van der Waals surface area contributed by atoms with E-state index in [-0.39, 0.29) is 0 Å². The van der Waals surface area contributed by atoms with E-state index in [0.717, 1.165) is 29.2 Å². The first-order valence-corrected chi connectivity index (χ1v) is 5.70. The molecule has 0 aliphatic rings. The van der Waals surface area contributed by atoms with Crippen molar-refractivity contribution in [1.82, 2.24) is 9.97 Å². The van der Waals surface area contributed by atoms with Gasteiger partial charge >= 0.3 is 0 Å². The number of benzene rings is 1. The van der Waals surface area contributed by atoms with Crippen molar-refractivity contribution in [1.29, 1.82) is 0 Å². The molecule has 84 valence electrons. The predicted molar refractivity (Wildman–Crippen MR) is 67.5 cm³/mol. The summed E-state index contributed by atoms with van der Waals surface area (Å²) in [6.07, 6.45) is 4.62. The monoisotopic (exact) mass is 215 g/mol. The van der Waals surface area contributed by atoms with Gasteiger partial charge < -0.3 is 5.32 Å². The largest absolute Gasteiger partial charge is 0.385 e. The fraction of sp³-hybridized carbons (Fsp3) is 0.385. The molecule has 1 aromatic carbocycles. The van der Waals surface area contributed by atoms with Gasteiger partial charge in [0.15, 0.2) is 0 Å². The van der Waals surface area contributed by atoms with Crippen LogP contribution in [0.5, 0.6) is 0 Å². The van der Waals surface area contributed by atoms with Crippen LogP contribution in [0, 0.1) is 5.92 Å². The lowest BCUT2D eigenvalue weighted by molar-refractivity contribution is 0.607. The molecule has 0 fully saturated rings. The van der Waals surface area contributed by atoms with Crippen LogP contribution in [0.3, 0.4) is 0 Å². The Morgan fingerprint density at radius 2 is 1.88 bits per heavy atom. The summed E-state index contributed by atoms with van der Waals surface area (Å²) in [7, 11) is 0. The van der Waals surface area contributed by atoms with E-state index in [1.165, 1.54) is 6.42 Å². The maximum atomic E-state index is 4.28. The number of aromatic nitrogens is 2. The van der Waals surface area contributed by atoms with Crippen molar-refractivity contribution >= 4 is 16.7 Å². The minimum Gasteiger partial charge on any atom is -0.385 e. The quantitative estimate of drug-likeness (QED) is 0.851. The molecule has 3 heteroatoms. The minimum atomic E-state index is 0.729. The topological polar surface area (TPSA) is 37.8 Å². The molecule has 0 atom stereocenters. The maximum Gasteiger partial charge on any atom is 0.0907 e. The predicted octanol–water partition coefficient (Wildman–Crippen LogP) is 3.09. The lowest BCUT2D eigenvalue weighted by atomic mass is 10.1. The van der Waals surface area contributed by atoms with Crippen molar-refractivity contribution < 1.29 is 0 Å². The number of hydrogen-bond donors (Lipinski definition) is 1. The van der Waals surface area contributed by atoms with Crippen LogP contribution < -0.4 is 5.32 Å². The van der Waals surface area contributed by atoms with Gasteiger partial charge in [-0.15, -0.1) is 0 Å². The average Bonchev–Trinajstić information content (AvgIpc) is 2.28. The Labute approximate surface area is 95.9 Å². The summed E-state index contributed by atoms with van der Waals surface area (Å²) in [5.74, 6) is 0.729. The van der Waals surface area contributed by atoms with Crippen LogP contribution in [0.25, 0.3) is 11.0 Å². The Morgan fingerprint density at radius 1 is 1.12 bits per heavy atom. The molecule has 0 saturated carbocycles. The molecule has 1 N–H and O–H groups in total. The third-order valence-electron chi connectivity index (χ3n) is 2.52. The first-order chi connectivity index (χ1) is 7.75. The van der Waals surface area contributed by atoms with Gasteiger partial charge in [-0.3, -0.25) is 9.97 Å². The molecule has 2 aromatic rings. The van der Waals surface area contributed by atoms with Crippen LogP contribution in [0.1, 0.15) is 20.3 Å². The van der Waals surface area contributed by atoms with Crippen LogP contribution in [-0.2, 0) is 0 Å². The molecule has 1 heterocycles. The summed E-state index contributed by atoms with van der Waals surface area (Å²) < 4.78 is 0. The molecule has 2 rings (SSSR count). The lowest BCUT2D eigenvalue weighted by Crippen LogP contribution is -2.04. The van der Waals surface area contributed by atoms with E-state index in [2.05, 4.69) is 35.2 Å². The third kappa shape index (κ3) is 2.69. The molecule has 1 aromatic heterocycles. The Balaban J connectivity index is 2.08. The van der Waals surface area contributed by atoms with Gasteiger partial charge in [0, 0.05) is 24.6 Å². The Kier molecular flexibility index (Phi) is 3.34. The molecular formula is C13H17N3. The van der Waals surface area contributed by atoms with Gasteiger partial charge in [0.25, 0.3) is 0 Å². The van der Waals surface area contributed by atoms with Crippen LogP contribution in [-0.4, -0.2) is 16.5 Å². The van der Waals surface area contributed by atoms with Crippen LogP contribution in [0.2, 0.25) is 0 Å². The van der Waals surface area contributed by atoms with E-state index >= 15 is 0 Å². The normalized spacial score (nSPS) is 10.9. The lowest BCUT2D eigenvalue weighted by Gasteiger charge is -2.08. The van der Waals surface area contributed by atoms with Gasteiger partial charge in [-0.1, -0.05) is 13.8 Å². The summed E-state index contributed by atoms with van der Waals surface area (Å²) in [6.45, 7) is 5.46. The molecule has 0 radical (unpaired) electrons. The van der Waals surface area contributed by atoms with E-state index in [4.69, 9.17) is 0 Å². The Morgan fingerprint density at radius 3 is 2.62 bits per heavy atom. The fourth-order valence-electron chi connectivity index (χ4n) is 1.58. The van der Waals surface area contributed by atoms with Crippen molar-refractivity contribution in [2.24, 2.45) is 5.92 Å². The molecule has 0 aliphatic heterocycles. The average molecular weight is 215 g/mol. The summed E-state index contributed by atoms with van der Waals surface area (Å²) in [4.78, 5) is 8.52. The first-order valence-electron chi connectivity index (χ1n) is 5.70.